The fourth-order valence-corrected chi connectivity index (χ4v) is 2.33. The lowest BCUT2D eigenvalue weighted by molar-refractivity contribution is -0.164. The Bertz CT molecular complexity index is 279. The zero-order valence-corrected chi connectivity index (χ0v) is 10.6. The van der Waals surface area contributed by atoms with Gasteiger partial charge in [0.1, 0.15) is 0 Å². The molecule has 1 N–H and O–H groups in total. The first-order valence-corrected chi connectivity index (χ1v) is 6.40. The highest BCUT2D eigenvalue weighted by Crippen LogP contribution is 2.27. The van der Waals surface area contributed by atoms with Crippen LogP contribution in [0.4, 0.5) is 13.2 Å². The Morgan fingerprint density at radius 1 is 1.39 bits per heavy atom. The van der Waals surface area contributed by atoms with Gasteiger partial charge < -0.3 is 5.32 Å². The molecule has 104 valence electrons. The van der Waals surface area contributed by atoms with Gasteiger partial charge in [-0.05, 0) is 38.9 Å². The Morgan fingerprint density at radius 2 is 2.00 bits per heavy atom. The molecule has 1 rings (SSSR count). The normalized spacial score (nSPS) is 19.8. The van der Waals surface area contributed by atoms with Gasteiger partial charge in [0, 0.05) is 12.6 Å². The molecule has 0 aromatic heterocycles. The summed E-state index contributed by atoms with van der Waals surface area (Å²) >= 11 is 0. The summed E-state index contributed by atoms with van der Waals surface area (Å²) in [6, 6.07) is 1.56. The van der Waals surface area contributed by atoms with Crippen LogP contribution < -0.4 is 5.32 Å². The van der Waals surface area contributed by atoms with E-state index in [0.29, 0.717) is 6.54 Å². The monoisotopic (exact) mass is 263 g/mol. The maximum atomic E-state index is 12.6. The van der Waals surface area contributed by atoms with E-state index in [1.54, 1.807) is 0 Å². The summed E-state index contributed by atoms with van der Waals surface area (Å²) < 4.78 is 37.9. The summed E-state index contributed by atoms with van der Waals surface area (Å²) in [5.74, 6) is -1.88. The Hall–Kier alpha value is -0.800. The third-order valence-electron chi connectivity index (χ3n) is 3.30. The molecule has 3 nitrogen and oxygen atoms in total. The molecule has 1 aliphatic rings. The van der Waals surface area contributed by atoms with E-state index in [9.17, 15) is 13.2 Å². The second kappa shape index (κ2) is 6.95. The molecular formula is C12H20F3N3. The fourth-order valence-electron chi connectivity index (χ4n) is 2.33. The van der Waals surface area contributed by atoms with E-state index in [-0.39, 0.29) is 12.6 Å². The zero-order chi connectivity index (χ0) is 13.6. The summed E-state index contributed by atoms with van der Waals surface area (Å²) in [6.07, 6.45) is -1.90. The van der Waals surface area contributed by atoms with E-state index in [1.165, 1.54) is 6.07 Å². The lowest BCUT2D eigenvalue weighted by Gasteiger charge is -2.35. The van der Waals surface area contributed by atoms with Crippen LogP contribution in [0.3, 0.4) is 0 Å². The summed E-state index contributed by atoms with van der Waals surface area (Å²) in [5, 5.41) is 11.9. The highest BCUT2D eigenvalue weighted by atomic mass is 19.4. The maximum absolute atomic E-state index is 12.6. The van der Waals surface area contributed by atoms with Gasteiger partial charge in [0.2, 0.25) is 0 Å². The van der Waals surface area contributed by atoms with Crippen molar-refractivity contribution in [2.45, 2.75) is 38.4 Å². The van der Waals surface area contributed by atoms with Crippen molar-refractivity contribution in [3.63, 3.8) is 0 Å². The van der Waals surface area contributed by atoms with Crippen molar-refractivity contribution >= 4 is 0 Å². The lowest BCUT2D eigenvalue weighted by atomic mass is 10.0. The third-order valence-corrected chi connectivity index (χ3v) is 3.30. The number of nitriles is 1. The van der Waals surface area contributed by atoms with Crippen LogP contribution in [0.25, 0.3) is 0 Å². The molecule has 0 aromatic rings. The van der Waals surface area contributed by atoms with Crippen LogP contribution in [0.2, 0.25) is 0 Å². The van der Waals surface area contributed by atoms with Gasteiger partial charge in [-0.3, -0.25) is 4.90 Å². The molecular weight excluding hydrogens is 243 g/mol. The molecule has 0 aromatic carbocycles. The Labute approximate surface area is 106 Å². The summed E-state index contributed by atoms with van der Waals surface area (Å²) in [7, 11) is 0. The second-order valence-corrected chi connectivity index (χ2v) is 4.70. The Balaban J connectivity index is 2.63. The first-order valence-electron chi connectivity index (χ1n) is 6.40. The summed E-state index contributed by atoms with van der Waals surface area (Å²) in [5.41, 5.74) is 0. The standard InChI is InChI=1S/C12H20F3N3/c1-2-7-18(11-3-5-17-6-4-11)9-10(8-16)12(13,14)15/h10-11,17H,2-7,9H2,1H3. The highest BCUT2D eigenvalue weighted by Gasteiger charge is 2.41. The molecule has 0 spiro atoms. The second-order valence-electron chi connectivity index (χ2n) is 4.70. The van der Waals surface area contributed by atoms with Gasteiger partial charge in [0.05, 0.1) is 6.07 Å². The van der Waals surface area contributed by atoms with Crippen LogP contribution in [0.1, 0.15) is 26.2 Å². The van der Waals surface area contributed by atoms with E-state index < -0.39 is 12.1 Å². The number of halogens is 3. The molecule has 0 radical (unpaired) electrons. The molecule has 6 heteroatoms. The van der Waals surface area contributed by atoms with Crippen molar-refractivity contribution in [3.05, 3.63) is 0 Å². The van der Waals surface area contributed by atoms with Gasteiger partial charge >= 0.3 is 6.18 Å². The highest BCUT2D eigenvalue weighted by molar-refractivity contribution is 4.92. The number of hydrogen-bond acceptors (Lipinski definition) is 3. The lowest BCUT2D eigenvalue weighted by Crippen LogP contribution is -2.47. The van der Waals surface area contributed by atoms with E-state index in [2.05, 4.69) is 5.32 Å². The van der Waals surface area contributed by atoms with Crippen molar-refractivity contribution in [2.24, 2.45) is 5.92 Å². The van der Waals surface area contributed by atoms with Crippen LogP contribution in [0, 0.1) is 17.2 Å². The average Bonchev–Trinajstić information content (AvgIpc) is 2.34. The molecule has 0 saturated carbocycles. The van der Waals surface area contributed by atoms with Gasteiger partial charge in [0.15, 0.2) is 5.92 Å². The number of piperidine rings is 1. The van der Waals surface area contributed by atoms with Crippen molar-refractivity contribution in [1.82, 2.24) is 10.2 Å². The maximum Gasteiger partial charge on any atom is 0.405 e. The van der Waals surface area contributed by atoms with E-state index in [1.807, 2.05) is 11.8 Å². The van der Waals surface area contributed by atoms with E-state index >= 15 is 0 Å². The van der Waals surface area contributed by atoms with Crippen molar-refractivity contribution in [3.8, 4) is 6.07 Å². The van der Waals surface area contributed by atoms with Crippen LogP contribution in [-0.2, 0) is 0 Å². The molecule has 18 heavy (non-hydrogen) atoms. The average molecular weight is 263 g/mol. The minimum absolute atomic E-state index is 0.171. The van der Waals surface area contributed by atoms with E-state index in [0.717, 1.165) is 32.4 Å². The largest absolute Gasteiger partial charge is 0.405 e. The minimum atomic E-state index is -4.42. The first-order chi connectivity index (χ1) is 8.49. The molecule has 0 amide bonds. The van der Waals surface area contributed by atoms with Gasteiger partial charge in [0.25, 0.3) is 0 Å². The van der Waals surface area contributed by atoms with Crippen LogP contribution in [0.5, 0.6) is 0 Å². The summed E-state index contributed by atoms with van der Waals surface area (Å²) in [6.45, 7) is 4.06. The predicted molar refractivity (Wildman–Crippen MR) is 62.9 cm³/mol. The van der Waals surface area contributed by atoms with Crippen LogP contribution in [-0.4, -0.2) is 43.3 Å². The van der Waals surface area contributed by atoms with Gasteiger partial charge in [-0.25, -0.2) is 0 Å². The SMILES string of the molecule is CCCN(CC(C#N)C(F)(F)F)C1CCNCC1. The van der Waals surface area contributed by atoms with E-state index in [4.69, 9.17) is 5.26 Å². The molecule has 1 aliphatic heterocycles. The Morgan fingerprint density at radius 3 is 2.44 bits per heavy atom. The van der Waals surface area contributed by atoms with Crippen molar-refractivity contribution in [1.29, 1.82) is 5.26 Å². The minimum Gasteiger partial charge on any atom is -0.317 e. The molecule has 0 bridgehead atoms. The number of nitrogens with zero attached hydrogens (tertiary/aromatic N) is 2. The summed E-state index contributed by atoms with van der Waals surface area (Å²) in [4.78, 5) is 1.84. The Kier molecular flexibility index (Phi) is 5.89. The number of rotatable bonds is 5. The molecule has 1 atom stereocenters. The number of hydrogen-bond donors (Lipinski definition) is 1. The first kappa shape index (κ1) is 15.3. The molecule has 1 saturated heterocycles. The van der Waals surface area contributed by atoms with Crippen molar-refractivity contribution in [2.75, 3.05) is 26.2 Å². The third kappa shape index (κ3) is 4.46. The smallest absolute Gasteiger partial charge is 0.317 e. The van der Waals surface area contributed by atoms with Gasteiger partial charge in [-0.2, -0.15) is 18.4 Å². The van der Waals surface area contributed by atoms with Gasteiger partial charge in [-0.1, -0.05) is 6.92 Å². The number of nitrogens with one attached hydrogen (secondary N) is 1. The quantitative estimate of drug-likeness (QED) is 0.826. The van der Waals surface area contributed by atoms with Gasteiger partial charge in [-0.15, -0.1) is 0 Å². The molecule has 1 heterocycles. The molecule has 1 unspecified atom stereocenters. The topological polar surface area (TPSA) is 39.1 Å². The van der Waals surface area contributed by atoms with Crippen LogP contribution in [0.15, 0.2) is 0 Å². The fraction of sp³-hybridized carbons (Fsp3) is 0.917. The molecule has 0 aliphatic carbocycles. The van der Waals surface area contributed by atoms with Crippen molar-refractivity contribution < 1.29 is 13.2 Å². The zero-order valence-electron chi connectivity index (χ0n) is 10.6. The van der Waals surface area contributed by atoms with Crippen LogP contribution >= 0.6 is 0 Å². The number of alkyl halides is 3. The molecule has 1 fully saturated rings. The predicted octanol–water partition coefficient (Wildman–Crippen LogP) is 2.15.